The fourth-order valence-electron chi connectivity index (χ4n) is 3.52. The predicted octanol–water partition coefficient (Wildman–Crippen LogP) is 0.145. The SMILES string of the molecule is COC(=O)C1(N)CC2(C1)CC(N)(C(=O)OC)C2.Cl.Cl. The lowest BCUT2D eigenvalue weighted by Gasteiger charge is -2.63. The molecule has 0 heterocycles. The molecular formula is C11H20Cl2N2O4. The second-order valence-electron chi connectivity index (χ2n) is 5.50. The van der Waals surface area contributed by atoms with E-state index in [9.17, 15) is 9.59 Å². The van der Waals surface area contributed by atoms with Crippen molar-refractivity contribution in [1.82, 2.24) is 0 Å². The van der Waals surface area contributed by atoms with Crippen molar-refractivity contribution >= 4 is 36.8 Å². The van der Waals surface area contributed by atoms with Gasteiger partial charge in [0.05, 0.1) is 14.2 Å². The maximum Gasteiger partial charge on any atom is 0.325 e. The van der Waals surface area contributed by atoms with Crippen LogP contribution in [-0.2, 0) is 19.1 Å². The smallest absolute Gasteiger partial charge is 0.325 e. The number of esters is 2. The molecule has 1 spiro atoms. The van der Waals surface area contributed by atoms with E-state index in [2.05, 4.69) is 9.47 Å². The largest absolute Gasteiger partial charge is 0.468 e. The Morgan fingerprint density at radius 1 is 0.842 bits per heavy atom. The Balaban J connectivity index is 0.00000162. The number of ether oxygens (including phenoxy) is 2. The van der Waals surface area contributed by atoms with Gasteiger partial charge in [-0.2, -0.15) is 0 Å². The maximum atomic E-state index is 11.4. The molecule has 2 aliphatic carbocycles. The minimum Gasteiger partial charge on any atom is -0.468 e. The highest BCUT2D eigenvalue weighted by atomic mass is 35.5. The third-order valence-electron chi connectivity index (χ3n) is 3.95. The zero-order valence-electron chi connectivity index (χ0n) is 10.9. The first-order valence-corrected chi connectivity index (χ1v) is 5.54. The fraction of sp³-hybridized carbons (Fsp3) is 0.818. The molecule has 0 aliphatic heterocycles. The monoisotopic (exact) mass is 314 g/mol. The number of nitrogens with two attached hydrogens (primary N) is 2. The lowest BCUT2D eigenvalue weighted by molar-refractivity contribution is -0.178. The predicted molar refractivity (Wildman–Crippen MR) is 73.3 cm³/mol. The van der Waals surface area contributed by atoms with E-state index in [1.54, 1.807) is 0 Å². The molecule has 0 saturated heterocycles. The van der Waals surface area contributed by atoms with Gasteiger partial charge in [0.25, 0.3) is 0 Å². The highest BCUT2D eigenvalue weighted by Crippen LogP contribution is 2.63. The number of halogens is 2. The molecule has 0 aromatic heterocycles. The van der Waals surface area contributed by atoms with Crippen LogP contribution in [0.15, 0.2) is 0 Å². The molecule has 2 fully saturated rings. The molecule has 0 radical (unpaired) electrons. The molecule has 8 heteroatoms. The number of carbonyl (C=O) groups excluding carboxylic acids is 2. The average molecular weight is 315 g/mol. The van der Waals surface area contributed by atoms with Crippen LogP contribution < -0.4 is 11.5 Å². The van der Waals surface area contributed by atoms with Gasteiger partial charge in [-0.3, -0.25) is 9.59 Å². The van der Waals surface area contributed by atoms with E-state index < -0.39 is 23.0 Å². The van der Waals surface area contributed by atoms with Crippen LogP contribution in [0, 0.1) is 5.41 Å². The molecule has 0 aromatic rings. The summed E-state index contributed by atoms with van der Waals surface area (Å²) in [5.74, 6) is -0.786. The van der Waals surface area contributed by atoms with Crippen LogP contribution in [0.2, 0.25) is 0 Å². The van der Waals surface area contributed by atoms with Crippen molar-refractivity contribution in [1.29, 1.82) is 0 Å². The molecule has 0 unspecified atom stereocenters. The van der Waals surface area contributed by atoms with Crippen LogP contribution in [0.4, 0.5) is 0 Å². The van der Waals surface area contributed by atoms with Crippen LogP contribution in [0.1, 0.15) is 25.7 Å². The summed E-state index contributed by atoms with van der Waals surface area (Å²) in [4.78, 5) is 22.8. The minimum atomic E-state index is -0.897. The van der Waals surface area contributed by atoms with Gasteiger partial charge >= 0.3 is 11.9 Å². The fourth-order valence-corrected chi connectivity index (χ4v) is 3.52. The molecule has 0 amide bonds. The molecule has 0 aromatic carbocycles. The number of rotatable bonds is 2. The van der Waals surface area contributed by atoms with E-state index >= 15 is 0 Å². The molecule has 2 aliphatic rings. The molecule has 112 valence electrons. The average Bonchev–Trinajstić information content (AvgIpc) is 2.22. The van der Waals surface area contributed by atoms with Crippen molar-refractivity contribution in [2.24, 2.45) is 16.9 Å². The Bertz CT molecular complexity index is 337. The van der Waals surface area contributed by atoms with Crippen LogP contribution in [0.5, 0.6) is 0 Å². The summed E-state index contributed by atoms with van der Waals surface area (Å²) >= 11 is 0. The Hall–Kier alpha value is -0.560. The van der Waals surface area contributed by atoms with Crippen molar-refractivity contribution < 1.29 is 19.1 Å². The summed E-state index contributed by atoms with van der Waals surface area (Å²) in [6.45, 7) is 0. The third-order valence-corrected chi connectivity index (χ3v) is 3.95. The van der Waals surface area contributed by atoms with E-state index in [-0.39, 0.29) is 30.2 Å². The number of methoxy groups -OCH3 is 2. The van der Waals surface area contributed by atoms with E-state index in [1.165, 1.54) is 14.2 Å². The minimum absolute atomic E-state index is 0. The molecule has 4 N–H and O–H groups in total. The number of hydrogen-bond acceptors (Lipinski definition) is 6. The Morgan fingerprint density at radius 3 is 1.32 bits per heavy atom. The first kappa shape index (κ1) is 18.4. The van der Waals surface area contributed by atoms with Gasteiger partial charge in [-0.05, 0) is 31.1 Å². The number of carbonyl (C=O) groups is 2. The molecule has 19 heavy (non-hydrogen) atoms. The van der Waals surface area contributed by atoms with Crippen molar-refractivity contribution in [3.63, 3.8) is 0 Å². The van der Waals surface area contributed by atoms with Crippen molar-refractivity contribution in [3.8, 4) is 0 Å². The number of hydrogen-bond donors (Lipinski definition) is 2. The van der Waals surface area contributed by atoms with Crippen LogP contribution >= 0.6 is 24.8 Å². The topological polar surface area (TPSA) is 105 Å². The molecule has 6 nitrogen and oxygen atoms in total. The second kappa shape index (κ2) is 5.44. The van der Waals surface area contributed by atoms with Gasteiger partial charge in [-0.25, -0.2) is 0 Å². The first-order valence-electron chi connectivity index (χ1n) is 5.54. The standard InChI is InChI=1S/C11H18N2O4.2ClH/c1-16-7(14)10(12)3-9(4-10)5-11(13,6-9)8(15)17-2;;/h3-6,12-13H2,1-2H3;2*1H. The summed E-state index contributed by atoms with van der Waals surface area (Å²) < 4.78 is 9.31. The molecular weight excluding hydrogens is 295 g/mol. The van der Waals surface area contributed by atoms with Gasteiger partial charge in [0.15, 0.2) is 0 Å². The maximum absolute atomic E-state index is 11.4. The van der Waals surface area contributed by atoms with Crippen LogP contribution in [-0.4, -0.2) is 37.2 Å². The lowest BCUT2D eigenvalue weighted by Crippen LogP contribution is -2.74. The van der Waals surface area contributed by atoms with Gasteiger partial charge < -0.3 is 20.9 Å². The van der Waals surface area contributed by atoms with Gasteiger partial charge in [-0.15, -0.1) is 24.8 Å². The summed E-state index contributed by atoms with van der Waals surface area (Å²) in [6.07, 6.45) is 2.12. The lowest BCUT2D eigenvalue weighted by atomic mass is 9.43. The Morgan fingerprint density at radius 2 is 1.11 bits per heavy atom. The molecule has 0 bridgehead atoms. The normalized spacial score (nSPS) is 38.9. The van der Waals surface area contributed by atoms with Gasteiger partial charge in [0.1, 0.15) is 11.1 Å². The van der Waals surface area contributed by atoms with Gasteiger partial charge in [-0.1, -0.05) is 0 Å². The van der Waals surface area contributed by atoms with Gasteiger partial charge in [0.2, 0.25) is 0 Å². The molecule has 2 rings (SSSR count). The summed E-state index contributed by atoms with van der Waals surface area (Å²) in [6, 6.07) is 0. The molecule has 2 saturated carbocycles. The Kier molecular flexibility index (Phi) is 5.28. The van der Waals surface area contributed by atoms with Crippen molar-refractivity contribution in [3.05, 3.63) is 0 Å². The van der Waals surface area contributed by atoms with Gasteiger partial charge in [0, 0.05) is 0 Å². The molecule has 0 atom stereocenters. The highest BCUT2D eigenvalue weighted by molar-refractivity contribution is 5.86. The van der Waals surface area contributed by atoms with E-state index in [1.807, 2.05) is 0 Å². The first-order chi connectivity index (χ1) is 7.79. The zero-order chi connectivity index (χ0) is 12.9. The quantitative estimate of drug-likeness (QED) is 0.703. The zero-order valence-corrected chi connectivity index (χ0v) is 12.6. The van der Waals surface area contributed by atoms with Crippen molar-refractivity contribution in [2.75, 3.05) is 14.2 Å². The summed E-state index contributed by atoms with van der Waals surface area (Å²) in [5, 5.41) is 0. The van der Waals surface area contributed by atoms with E-state index in [4.69, 9.17) is 11.5 Å². The second-order valence-corrected chi connectivity index (χ2v) is 5.50. The van der Waals surface area contributed by atoms with Crippen LogP contribution in [0.3, 0.4) is 0 Å². The highest BCUT2D eigenvalue weighted by Gasteiger charge is 2.68. The third kappa shape index (κ3) is 2.67. The Labute approximate surface area is 124 Å². The summed E-state index contributed by atoms with van der Waals surface area (Å²) in [5.41, 5.74) is 9.94. The van der Waals surface area contributed by atoms with E-state index in [0.29, 0.717) is 25.7 Å². The van der Waals surface area contributed by atoms with Crippen molar-refractivity contribution in [2.45, 2.75) is 36.8 Å². The summed E-state index contributed by atoms with van der Waals surface area (Å²) in [7, 11) is 2.65. The van der Waals surface area contributed by atoms with E-state index in [0.717, 1.165) is 0 Å². The van der Waals surface area contributed by atoms with Crippen LogP contribution in [0.25, 0.3) is 0 Å².